The topological polar surface area (TPSA) is 69.4 Å². The molecule has 0 unspecified atom stereocenters. The van der Waals surface area contributed by atoms with E-state index in [0.29, 0.717) is 22.6 Å². The van der Waals surface area contributed by atoms with E-state index in [0.717, 1.165) is 41.6 Å². The summed E-state index contributed by atoms with van der Waals surface area (Å²) >= 11 is 6.08. The Bertz CT molecular complexity index is 1070. The summed E-state index contributed by atoms with van der Waals surface area (Å²) in [5.74, 6) is 1.50. The standard InChI is InChI=1S/C18H15ClN6/c19-17-16-18(22-9-21-17)25(10-23-16)13-5-11(6-13)7-15-20-8-12-3-1-2-4-14(12)24-15/h1-4,8-11,13H,5-7H2. The lowest BCUT2D eigenvalue weighted by molar-refractivity contribution is 0.198. The van der Waals surface area contributed by atoms with Gasteiger partial charge in [-0.3, -0.25) is 0 Å². The molecule has 1 fully saturated rings. The molecule has 0 spiro atoms. The fourth-order valence-corrected chi connectivity index (χ4v) is 3.73. The second-order valence-corrected chi connectivity index (χ2v) is 6.89. The first-order valence-electron chi connectivity index (χ1n) is 8.31. The summed E-state index contributed by atoms with van der Waals surface area (Å²) in [6, 6.07) is 8.49. The predicted molar refractivity (Wildman–Crippen MR) is 95.3 cm³/mol. The van der Waals surface area contributed by atoms with Crippen LogP contribution >= 0.6 is 11.6 Å². The van der Waals surface area contributed by atoms with Gasteiger partial charge in [-0.2, -0.15) is 0 Å². The lowest BCUT2D eigenvalue weighted by Crippen LogP contribution is -2.28. The van der Waals surface area contributed by atoms with E-state index < -0.39 is 0 Å². The summed E-state index contributed by atoms with van der Waals surface area (Å²) in [6.45, 7) is 0. The van der Waals surface area contributed by atoms with Crippen molar-refractivity contribution in [3.05, 3.63) is 54.1 Å². The van der Waals surface area contributed by atoms with Crippen molar-refractivity contribution in [1.82, 2.24) is 29.5 Å². The van der Waals surface area contributed by atoms with Gasteiger partial charge in [0.05, 0.1) is 11.8 Å². The largest absolute Gasteiger partial charge is 0.312 e. The van der Waals surface area contributed by atoms with Crippen LogP contribution in [0.4, 0.5) is 0 Å². The summed E-state index contributed by atoms with van der Waals surface area (Å²) in [7, 11) is 0. The van der Waals surface area contributed by atoms with Gasteiger partial charge in [0.2, 0.25) is 0 Å². The molecule has 0 amide bonds. The number of rotatable bonds is 3. The average molecular weight is 351 g/mol. The Hall–Kier alpha value is -2.60. The van der Waals surface area contributed by atoms with E-state index in [-0.39, 0.29) is 0 Å². The SMILES string of the molecule is Clc1ncnc2c1ncn2C1CC(Cc2ncc3ccccc3n2)C1. The molecule has 0 radical (unpaired) electrons. The van der Waals surface area contributed by atoms with Gasteiger partial charge in [-0.25, -0.2) is 24.9 Å². The van der Waals surface area contributed by atoms with Gasteiger partial charge in [-0.1, -0.05) is 29.8 Å². The molecule has 0 aliphatic heterocycles. The number of fused-ring (bicyclic) bond motifs is 2. The molecule has 0 N–H and O–H groups in total. The van der Waals surface area contributed by atoms with Crippen molar-refractivity contribution in [2.75, 3.05) is 0 Å². The maximum absolute atomic E-state index is 6.08. The van der Waals surface area contributed by atoms with Crippen LogP contribution in [-0.4, -0.2) is 29.5 Å². The zero-order chi connectivity index (χ0) is 16.8. The quantitative estimate of drug-likeness (QED) is 0.528. The van der Waals surface area contributed by atoms with E-state index in [1.54, 1.807) is 0 Å². The third kappa shape index (κ3) is 2.53. The fourth-order valence-electron chi connectivity index (χ4n) is 3.55. The lowest BCUT2D eigenvalue weighted by Gasteiger charge is -2.35. The maximum Gasteiger partial charge on any atom is 0.165 e. The van der Waals surface area contributed by atoms with Gasteiger partial charge in [-0.15, -0.1) is 0 Å². The fraction of sp³-hybridized carbons (Fsp3) is 0.278. The van der Waals surface area contributed by atoms with Crippen molar-refractivity contribution < 1.29 is 0 Å². The molecular weight excluding hydrogens is 336 g/mol. The van der Waals surface area contributed by atoms with Crippen LogP contribution < -0.4 is 0 Å². The number of nitrogens with zero attached hydrogens (tertiary/aromatic N) is 6. The average Bonchev–Trinajstić information content (AvgIpc) is 3.03. The van der Waals surface area contributed by atoms with Crippen molar-refractivity contribution in [3.8, 4) is 0 Å². The summed E-state index contributed by atoms with van der Waals surface area (Å²) in [6.07, 6.45) is 8.27. The Kier molecular flexibility index (Phi) is 3.38. The third-order valence-electron chi connectivity index (χ3n) is 4.93. The monoisotopic (exact) mass is 350 g/mol. The molecule has 3 aromatic heterocycles. The summed E-state index contributed by atoms with van der Waals surface area (Å²) in [5, 5.41) is 1.49. The third-order valence-corrected chi connectivity index (χ3v) is 5.21. The van der Waals surface area contributed by atoms with Crippen LogP contribution in [-0.2, 0) is 6.42 Å². The van der Waals surface area contributed by atoms with Gasteiger partial charge in [0.15, 0.2) is 10.8 Å². The Morgan fingerprint density at radius 2 is 1.96 bits per heavy atom. The molecule has 5 rings (SSSR count). The van der Waals surface area contributed by atoms with E-state index >= 15 is 0 Å². The number of hydrogen-bond donors (Lipinski definition) is 0. The number of benzene rings is 1. The van der Waals surface area contributed by atoms with Crippen molar-refractivity contribution in [2.24, 2.45) is 5.92 Å². The Morgan fingerprint density at radius 3 is 2.88 bits per heavy atom. The van der Waals surface area contributed by atoms with Gasteiger partial charge in [-0.05, 0) is 24.8 Å². The zero-order valence-corrected chi connectivity index (χ0v) is 14.1. The van der Waals surface area contributed by atoms with Crippen LogP contribution in [0.5, 0.6) is 0 Å². The zero-order valence-electron chi connectivity index (χ0n) is 13.4. The van der Waals surface area contributed by atoms with Crippen LogP contribution in [0.15, 0.2) is 43.1 Å². The molecule has 0 saturated heterocycles. The van der Waals surface area contributed by atoms with Gasteiger partial charge >= 0.3 is 0 Å². The minimum absolute atomic E-state index is 0.404. The predicted octanol–water partition coefficient (Wildman–Crippen LogP) is 3.62. The van der Waals surface area contributed by atoms with Crippen LogP contribution in [0.2, 0.25) is 5.15 Å². The van der Waals surface area contributed by atoms with E-state index in [4.69, 9.17) is 11.6 Å². The highest BCUT2D eigenvalue weighted by Crippen LogP contribution is 2.40. The molecule has 3 heterocycles. The van der Waals surface area contributed by atoms with Crippen LogP contribution in [0.1, 0.15) is 24.7 Å². The molecule has 1 aliphatic rings. The highest BCUT2D eigenvalue weighted by Gasteiger charge is 2.32. The van der Waals surface area contributed by atoms with Crippen molar-refractivity contribution in [3.63, 3.8) is 0 Å². The molecule has 1 aliphatic carbocycles. The van der Waals surface area contributed by atoms with E-state index in [2.05, 4.69) is 29.5 Å². The van der Waals surface area contributed by atoms with Crippen LogP contribution in [0, 0.1) is 5.92 Å². The number of hydrogen-bond acceptors (Lipinski definition) is 5. The molecule has 0 bridgehead atoms. The van der Waals surface area contributed by atoms with Crippen LogP contribution in [0.3, 0.4) is 0 Å². The van der Waals surface area contributed by atoms with Gasteiger partial charge in [0.1, 0.15) is 17.7 Å². The Balaban J connectivity index is 1.31. The van der Waals surface area contributed by atoms with Gasteiger partial charge in [0.25, 0.3) is 0 Å². The first kappa shape index (κ1) is 14.7. The molecule has 4 aromatic rings. The van der Waals surface area contributed by atoms with Gasteiger partial charge < -0.3 is 4.57 Å². The van der Waals surface area contributed by atoms with Crippen molar-refractivity contribution in [2.45, 2.75) is 25.3 Å². The van der Waals surface area contributed by atoms with Crippen molar-refractivity contribution >= 4 is 33.7 Å². The first-order chi connectivity index (χ1) is 12.3. The highest BCUT2D eigenvalue weighted by molar-refractivity contribution is 6.33. The molecule has 124 valence electrons. The van der Waals surface area contributed by atoms with Crippen LogP contribution in [0.25, 0.3) is 22.1 Å². The molecule has 25 heavy (non-hydrogen) atoms. The minimum Gasteiger partial charge on any atom is -0.312 e. The normalized spacial score (nSPS) is 20.0. The lowest BCUT2D eigenvalue weighted by atomic mass is 9.78. The minimum atomic E-state index is 0.404. The maximum atomic E-state index is 6.08. The number of aromatic nitrogens is 6. The summed E-state index contributed by atoms with van der Waals surface area (Å²) < 4.78 is 2.11. The summed E-state index contributed by atoms with van der Waals surface area (Å²) in [4.78, 5) is 21.8. The number of halogens is 1. The molecule has 1 saturated carbocycles. The molecule has 1 aromatic carbocycles. The molecule has 0 atom stereocenters. The number of imidazole rings is 1. The number of para-hydroxylation sites is 1. The highest BCUT2D eigenvalue weighted by atomic mass is 35.5. The van der Waals surface area contributed by atoms with E-state index in [1.807, 2.05) is 36.8 Å². The first-order valence-corrected chi connectivity index (χ1v) is 8.69. The smallest absolute Gasteiger partial charge is 0.165 e. The molecule has 7 heteroatoms. The van der Waals surface area contributed by atoms with Crippen molar-refractivity contribution in [1.29, 1.82) is 0 Å². The van der Waals surface area contributed by atoms with Gasteiger partial charge in [0, 0.05) is 24.0 Å². The molecular formula is C18H15ClN6. The van der Waals surface area contributed by atoms with E-state index in [9.17, 15) is 0 Å². The van der Waals surface area contributed by atoms with E-state index in [1.165, 1.54) is 6.33 Å². The Labute approximate surface area is 148 Å². The molecule has 6 nitrogen and oxygen atoms in total. The Morgan fingerprint density at radius 1 is 1.08 bits per heavy atom. The second-order valence-electron chi connectivity index (χ2n) is 6.53. The second kappa shape index (κ2) is 5.74. The summed E-state index contributed by atoms with van der Waals surface area (Å²) in [5.41, 5.74) is 2.49.